The average Bonchev–Trinajstić information content (AvgIpc) is 2.72. The standard InChI is InChI=1S/C22H45N5O2.HI/c1-6-8-10-19(7-2)17-23-22(24-18-21(28)26(3)4)25-20-11-14-27(15-12-20)13-9-16-29-5;/h19-20H,6-18H2,1-5H3,(H2,23,24,25);1H. The Labute approximate surface area is 201 Å². The maximum Gasteiger partial charge on any atom is 0.243 e. The average molecular weight is 540 g/mol. The first kappa shape index (κ1) is 29.4. The number of hydrogen-bond acceptors (Lipinski definition) is 4. The monoisotopic (exact) mass is 539 g/mol. The lowest BCUT2D eigenvalue weighted by molar-refractivity contribution is -0.127. The SMILES string of the molecule is CCCCC(CC)CNC(=NCC(=O)N(C)C)NC1CCN(CCCOC)CC1.I. The number of amides is 1. The van der Waals surface area contributed by atoms with Gasteiger partial charge >= 0.3 is 0 Å². The number of piperidine rings is 1. The zero-order valence-corrected chi connectivity index (χ0v) is 22.2. The van der Waals surface area contributed by atoms with E-state index >= 15 is 0 Å². The van der Waals surface area contributed by atoms with Crippen molar-refractivity contribution < 1.29 is 9.53 Å². The van der Waals surface area contributed by atoms with E-state index in [-0.39, 0.29) is 36.4 Å². The lowest BCUT2D eigenvalue weighted by atomic mass is 9.99. The van der Waals surface area contributed by atoms with E-state index in [0.717, 1.165) is 64.4 Å². The highest BCUT2D eigenvalue weighted by atomic mass is 127. The summed E-state index contributed by atoms with van der Waals surface area (Å²) in [5, 5.41) is 7.10. The summed E-state index contributed by atoms with van der Waals surface area (Å²) in [6.45, 7) is 9.71. The van der Waals surface area contributed by atoms with Crippen LogP contribution in [0, 0.1) is 5.92 Å². The maximum absolute atomic E-state index is 12.0. The summed E-state index contributed by atoms with van der Waals surface area (Å²) in [6, 6.07) is 0.408. The normalized spacial score (nSPS) is 16.6. The minimum atomic E-state index is 0. The van der Waals surface area contributed by atoms with E-state index in [9.17, 15) is 4.79 Å². The van der Waals surface area contributed by atoms with Crippen LogP contribution in [0.3, 0.4) is 0 Å². The Morgan fingerprint density at radius 2 is 1.93 bits per heavy atom. The van der Waals surface area contributed by atoms with Crippen molar-refractivity contribution in [3.8, 4) is 0 Å². The van der Waals surface area contributed by atoms with E-state index in [2.05, 4.69) is 34.4 Å². The van der Waals surface area contributed by atoms with Crippen LogP contribution in [0.25, 0.3) is 0 Å². The molecule has 1 saturated heterocycles. The molecule has 1 amide bonds. The highest BCUT2D eigenvalue weighted by Gasteiger charge is 2.20. The number of nitrogens with zero attached hydrogens (tertiary/aromatic N) is 3. The highest BCUT2D eigenvalue weighted by Crippen LogP contribution is 2.12. The van der Waals surface area contributed by atoms with Crippen molar-refractivity contribution in [3.05, 3.63) is 0 Å². The number of likely N-dealkylation sites (N-methyl/N-ethyl adjacent to an activating group) is 1. The Kier molecular flexibility index (Phi) is 17.6. The molecule has 1 heterocycles. The van der Waals surface area contributed by atoms with Gasteiger partial charge in [0.2, 0.25) is 5.91 Å². The Morgan fingerprint density at radius 3 is 2.50 bits per heavy atom. The summed E-state index contributed by atoms with van der Waals surface area (Å²) in [5.74, 6) is 1.46. The molecule has 0 aromatic rings. The van der Waals surface area contributed by atoms with E-state index < -0.39 is 0 Å². The van der Waals surface area contributed by atoms with Crippen LogP contribution in [-0.2, 0) is 9.53 Å². The van der Waals surface area contributed by atoms with Crippen LogP contribution in [0.1, 0.15) is 58.8 Å². The van der Waals surface area contributed by atoms with Crippen molar-refractivity contribution in [3.63, 3.8) is 0 Å². The van der Waals surface area contributed by atoms with Gasteiger partial charge in [-0.1, -0.05) is 33.1 Å². The number of guanidine groups is 1. The van der Waals surface area contributed by atoms with E-state index in [4.69, 9.17) is 4.74 Å². The molecule has 178 valence electrons. The first-order chi connectivity index (χ1) is 14.0. The molecule has 30 heavy (non-hydrogen) atoms. The molecule has 1 aliphatic heterocycles. The second-order valence-electron chi connectivity index (χ2n) is 8.36. The summed E-state index contributed by atoms with van der Waals surface area (Å²) in [6.07, 6.45) is 8.19. The summed E-state index contributed by atoms with van der Waals surface area (Å²) in [4.78, 5) is 20.7. The van der Waals surface area contributed by atoms with Crippen LogP contribution in [0.2, 0.25) is 0 Å². The second-order valence-corrected chi connectivity index (χ2v) is 8.36. The van der Waals surface area contributed by atoms with Crippen LogP contribution >= 0.6 is 24.0 Å². The number of carbonyl (C=O) groups is 1. The third kappa shape index (κ3) is 12.9. The molecule has 0 bridgehead atoms. The van der Waals surface area contributed by atoms with Crippen LogP contribution in [0.4, 0.5) is 0 Å². The predicted molar refractivity (Wildman–Crippen MR) is 137 cm³/mol. The number of likely N-dealkylation sites (tertiary alicyclic amines) is 1. The number of unbranched alkanes of at least 4 members (excludes halogenated alkanes) is 1. The molecular weight excluding hydrogens is 493 g/mol. The van der Waals surface area contributed by atoms with Gasteiger partial charge in [0.15, 0.2) is 5.96 Å². The Bertz CT molecular complexity index is 468. The molecule has 0 aromatic carbocycles. The third-order valence-corrected chi connectivity index (χ3v) is 5.72. The van der Waals surface area contributed by atoms with E-state index in [0.29, 0.717) is 12.0 Å². The fourth-order valence-corrected chi connectivity index (χ4v) is 3.55. The molecule has 8 heteroatoms. The number of carbonyl (C=O) groups excluding carboxylic acids is 1. The van der Waals surface area contributed by atoms with Crippen molar-refractivity contribution in [1.29, 1.82) is 0 Å². The quantitative estimate of drug-likeness (QED) is 0.163. The van der Waals surface area contributed by atoms with Gasteiger partial charge in [-0.2, -0.15) is 0 Å². The molecule has 1 fully saturated rings. The lowest BCUT2D eigenvalue weighted by Gasteiger charge is -2.33. The lowest BCUT2D eigenvalue weighted by Crippen LogP contribution is -2.49. The highest BCUT2D eigenvalue weighted by molar-refractivity contribution is 14.0. The largest absolute Gasteiger partial charge is 0.385 e. The summed E-state index contributed by atoms with van der Waals surface area (Å²) in [5.41, 5.74) is 0. The van der Waals surface area contributed by atoms with Crippen molar-refractivity contribution in [2.75, 3.05) is 60.5 Å². The van der Waals surface area contributed by atoms with Crippen molar-refractivity contribution >= 4 is 35.8 Å². The van der Waals surface area contributed by atoms with Gasteiger partial charge in [-0.05, 0) is 31.6 Å². The van der Waals surface area contributed by atoms with Gasteiger partial charge in [-0.15, -0.1) is 24.0 Å². The molecule has 0 saturated carbocycles. The molecule has 1 rings (SSSR count). The molecule has 1 atom stereocenters. The molecule has 0 aromatic heterocycles. The second kappa shape index (κ2) is 18.0. The van der Waals surface area contributed by atoms with Gasteiger partial charge < -0.3 is 25.2 Å². The number of rotatable bonds is 13. The first-order valence-electron chi connectivity index (χ1n) is 11.5. The Hall–Kier alpha value is -0.610. The molecule has 1 aliphatic rings. The molecule has 2 N–H and O–H groups in total. The molecule has 0 spiro atoms. The van der Waals surface area contributed by atoms with Gasteiger partial charge in [-0.3, -0.25) is 4.79 Å². The predicted octanol–water partition coefficient (Wildman–Crippen LogP) is 2.95. The summed E-state index contributed by atoms with van der Waals surface area (Å²) < 4.78 is 5.16. The van der Waals surface area contributed by atoms with Gasteiger partial charge in [0.25, 0.3) is 0 Å². The van der Waals surface area contributed by atoms with Gasteiger partial charge in [0.05, 0.1) is 0 Å². The molecule has 0 radical (unpaired) electrons. The first-order valence-corrected chi connectivity index (χ1v) is 11.5. The third-order valence-electron chi connectivity index (χ3n) is 5.72. The fraction of sp³-hybridized carbons (Fsp3) is 0.909. The van der Waals surface area contributed by atoms with Crippen LogP contribution in [0.15, 0.2) is 4.99 Å². The van der Waals surface area contributed by atoms with E-state index in [1.54, 1.807) is 26.1 Å². The van der Waals surface area contributed by atoms with Crippen molar-refractivity contribution in [1.82, 2.24) is 20.4 Å². The maximum atomic E-state index is 12.0. The minimum Gasteiger partial charge on any atom is -0.385 e. The van der Waals surface area contributed by atoms with E-state index in [1.807, 2.05) is 0 Å². The minimum absolute atomic E-state index is 0. The smallest absolute Gasteiger partial charge is 0.243 e. The number of hydrogen-bond donors (Lipinski definition) is 2. The zero-order chi connectivity index (χ0) is 21.5. The topological polar surface area (TPSA) is 69.2 Å². The van der Waals surface area contributed by atoms with Crippen molar-refractivity contribution in [2.45, 2.75) is 64.8 Å². The van der Waals surface area contributed by atoms with Gasteiger partial charge in [0, 0.05) is 60.0 Å². The summed E-state index contributed by atoms with van der Waals surface area (Å²) in [7, 11) is 5.31. The molecular formula is C22H46IN5O2. The van der Waals surface area contributed by atoms with Crippen LogP contribution in [-0.4, -0.2) is 88.2 Å². The number of nitrogens with one attached hydrogen (secondary N) is 2. The van der Waals surface area contributed by atoms with Crippen LogP contribution < -0.4 is 10.6 Å². The van der Waals surface area contributed by atoms with Gasteiger partial charge in [-0.25, -0.2) is 4.99 Å². The molecule has 1 unspecified atom stereocenters. The number of aliphatic imine (C=N–C) groups is 1. The van der Waals surface area contributed by atoms with Gasteiger partial charge in [0.1, 0.15) is 6.54 Å². The molecule has 7 nitrogen and oxygen atoms in total. The number of methoxy groups -OCH3 is 1. The van der Waals surface area contributed by atoms with Crippen molar-refractivity contribution in [2.24, 2.45) is 10.9 Å². The van der Waals surface area contributed by atoms with Crippen LogP contribution in [0.5, 0.6) is 0 Å². The number of halogens is 1. The zero-order valence-electron chi connectivity index (χ0n) is 19.9. The van der Waals surface area contributed by atoms with E-state index in [1.165, 1.54) is 19.3 Å². The number of ether oxygens (including phenoxy) is 1. The molecule has 0 aliphatic carbocycles. The summed E-state index contributed by atoms with van der Waals surface area (Å²) >= 11 is 0. The Morgan fingerprint density at radius 1 is 1.23 bits per heavy atom. The Balaban J connectivity index is 0.00000841. The fourth-order valence-electron chi connectivity index (χ4n) is 3.55.